The Morgan fingerprint density at radius 1 is 1.08 bits per heavy atom. The number of esters is 1. The Balaban J connectivity index is 2.06. The summed E-state index contributed by atoms with van der Waals surface area (Å²) in [4.78, 5) is 35.9. The number of rotatable bonds is 7. The first-order valence-corrected chi connectivity index (χ1v) is 7.66. The molecule has 0 aliphatic heterocycles. The summed E-state index contributed by atoms with van der Waals surface area (Å²) in [6.45, 7) is -0.182. The van der Waals surface area contributed by atoms with Crippen molar-refractivity contribution in [1.29, 1.82) is 0 Å². The van der Waals surface area contributed by atoms with Crippen LogP contribution in [0.4, 0.5) is 8.78 Å². The Bertz CT molecular complexity index is 827. The molecule has 0 bridgehead atoms. The molecule has 1 atom stereocenters. The van der Waals surface area contributed by atoms with Crippen molar-refractivity contribution in [3.05, 3.63) is 53.3 Å². The number of hydrogen-bond acceptors (Lipinski definition) is 5. The lowest BCUT2D eigenvalue weighted by Crippen LogP contribution is -2.25. The second-order valence-electron chi connectivity index (χ2n) is 5.60. The highest BCUT2D eigenvalue weighted by Crippen LogP contribution is 2.17. The van der Waals surface area contributed by atoms with Crippen LogP contribution in [0.1, 0.15) is 45.1 Å². The highest BCUT2D eigenvalue weighted by atomic mass is 19.3. The minimum Gasteiger partial charge on any atom is -0.450 e. The molecule has 26 heavy (non-hydrogen) atoms. The first-order valence-electron chi connectivity index (χ1n) is 7.66. The van der Waals surface area contributed by atoms with Crippen molar-refractivity contribution in [2.24, 2.45) is 7.05 Å². The Morgan fingerprint density at radius 3 is 2.19 bits per heavy atom. The molecular weight excluding hydrogens is 348 g/mol. The summed E-state index contributed by atoms with van der Waals surface area (Å²) in [5.41, 5.74) is 0.673. The summed E-state index contributed by atoms with van der Waals surface area (Å²) >= 11 is 0. The number of halogens is 2. The first-order chi connectivity index (χ1) is 12.2. The van der Waals surface area contributed by atoms with Gasteiger partial charge in [0.25, 0.3) is 0 Å². The molecule has 0 aliphatic carbocycles. The molecule has 1 heterocycles. The SMILES string of the molecule is CC(=O)c1cc(C(=O)O[C@H](C)C(=O)c2ccc(OC(F)F)cc2)n(C)c1. The topological polar surface area (TPSA) is 74.6 Å². The fourth-order valence-electron chi connectivity index (χ4n) is 2.27. The lowest BCUT2D eigenvalue weighted by Gasteiger charge is -2.13. The molecule has 138 valence electrons. The van der Waals surface area contributed by atoms with Gasteiger partial charge in [-0.25, -0.2) is 4.79 Å². The van der Waals surface area contributed by atoms with Gasteiger partial charge in [-0.3, -0.25) is 9.59 Å². The van der Waals surface area contributed by atoms with Crippen LogP contribution in [0.3, 0.4) is 0 Å². The zero-order valence-electron chi connectivity index (χ0n) is 14.4. The van der Waals surface area contributed by atoms with Gasteiger partial charge >= 0.3 is 12.6 Å². The second kappa shape index (κ2) is 7.90. The Kier molecular flexibility index (Phi) is 5.86. The van der Waals surface area contributed by atoms with Crippen molar-refractivity contribution in [3.8, 4) is 5.75 Å². The molecule has 1 aromatic carbocycles. The zero-order valence-corrected chi connectivity index (χ0v) is 14.4. The van der Waals surface area contributed by atoms with E-state index < -0.39 is 24.5 Å². The van der Waals surface area contributed by atoms with Crippen molar-refractivity contribution >= 4 is 17.5 Å². The third-order valence-corrected chi connectivity index (χ3v) is 3.64. The number of Topliss-reactive ketones (excluding diaryl/α,β-unsaturated/α-hetero) is 2. The largest absolute Gasteiger partial charge is 0.450 e. The van der Waals surface area contributed by atoms with Crippen LogP contribution in [0.25, 0.3) is 0 Å². The van der Waals surface area contributed by atoms with E-state index in [1.54, 1.807) is 7.05 Å². The smallest absolute Gasteiger partial charge is 0.387 e. The van der Waals surface area contributed by atoms with E-state index in [9.17, 15) is 23.2 Å². The summed E-state index contributed by atoms with van der Waals surface area (Å²) in [7, 11) is 1.58. The lowest BCUT2D eigenvalue weighted by molar-refractivity contribution is -0.0498. The number of aryl methyl sites for hydroxylation is 1. The first kappa shape index (κ1) is 19.3. The number of carbonyl (C=O) groups is 3. The van der Waals surface area contributed by atoms with Crippen LogP contribution in [-0.4, -0.2) is 34.8 Å². The van der Waals surface area contributed by atoms with E-state index >= 15 is 0 Å². The molecule has 0 unspecified atom stereocenters. The number of alkyl halides is 2. The standard InChI is InChI=1S/C18H17F2NO5/c1-10(22)13-8-15(21(3)9-13)17(24)25-11(2)16(23)12-4-6-14(7-5-12)26-18(19)20/h4-9,11,18H,1-3H3/t11-/m1/s1. The molecule has 8 heteroatoms. The van der Waals surface area contributed by atoms with Gasteiger partial charge in [0.1, 0.15) is 11.4 Å². The fraction of sp³-hybridized carbons (Fsp3) is 0.278. The average Bonchev–Trinajstić information content (AvgIpc) is 2.96. The summed E-state index contributed by atoms with van der Waals surface area (Å²) in [6, 6.07) is 6.45. The van der Waals surface area contributed by atoms with Crippen LogP contribution in [0.5, 0.6) is 5.75 Å². The fourth-order valence-corrected chi connectivity index (χ4v) is 2.27. The zero-order chi connectivity index (χ0) is 19.4. The molecule has 0 N–H and O–H groups in total. The van der Waals surface area contributed by atoms with Gasteiger partial charge in [0.05, 0.1) is 0 Å². The van der Waals surface area contributed by atoms with Crippen LogP contribution < -0.4 is 4.74 Å². The average molecular weight is 365 g/mol. The summed E-state index contributed by atoms with van der Waals surface area (Å²) in [5, 5.41) is 0. The Labute approximate surface area is 148 Å². The van der Waals surface area contributed by atoms with Gasteiger partial charge in [0.2, 0.25) is 5.78 Å². The maximum atomic E-state index is 12.3. The molecule has 1 aromatic heterocycles. The van der Waals surface area contributed by atoms with Crippen molar-refractivity contribution < 1.29 is 32.6 Å². The van der Waals surface area contributed by atoms with Gasteiger partial charge in [-0.15, -0.1) is 0 Å². The highest BCUT2D eigenvalue weighted by molar-refractivity contribution is 6.02. The van der Waals surface area contributed by atoms with E-state index in [2.05, 4.69) is 4.74 Å². The van der Waals surface area contributed by atoms with Crippen LogP contribution in [0.15, 0.2) is 36.5 Å². The molecule has 0 aliphatic rings. The minimum atomic E-state index is -2.96. The number of benzene rings is 1. The molecule has 0 saturated heterocycles. The maximum absolute atomic E-state index is 12.3. The quantitative estimate of drug-likeness (QED) is 0.556. The van der Waals surface area contributed by atoms with Gasteiger partial charge in [-0.1, -0.05) is 0 Å². The normalized spacial score (nSPS) is 11.9. The molecule has 2 rings (SSSR count). The number of ketones is 2. The summed E-state index contributed by atoms with van der Waals surface area (Å²) < 4.78 is 35.0. The molecule has 0 amide bonds. The predicted molar refractivity (Wildman–Crippen MR) is 87.7 cm³/mol. The maximum Gasteiger partial charge on any atom is 0.387 e. The van der Waals surface area contributed by atoms with E-state index in [1.165, 1.54) is 54.9 Å². The third kappa shape index (κ3) is 4.53. The molecule has 0 radical (unpaired) electrons. The van der Waals surface area contributed by atoms with Gasteiger partial charge in [-0.2, -0.15) is 8.78 Å². The molecule has 0 spiro atoms. The number of ether oxygens (including phenoxy) is 2. The lowest BCUT2D eigenvalue weighted by atomic mass is 10.1. The molecule has 0 fully saturated rings. The number of hydrogen-bond donors (Lipinski definition) is 0. The van der Waals surface area contributed by atoms with Crippen molar-refractivity contribution in [2.75, 3.05) is 0 Å². The van der Waals surface area contributed by atoms with Gasteiger partial charge < -0.3 is 14.0 Å². The van der Waals surface area contributed by atoms with Gasteiger partial charge in [0, 0.05) is 24.4 Å². The van der Waals surface area contributed by atoms with Crippen molar-refractivity contribution in [3.63, 3.8) is 0 Å². The summed E-state index contributed by atoms with van der Waals surface area (Å²) in [5.74, 6) is -1.53. The van der Waals surface area contributed by atoms with Crippen LogP contribution in [-0.2, 0) is 11.8 Å². The monoisotopic (exact) mass is 365 g/mol. The second-order valence-corrected chi connectivity index (χ2v) is 5.60. The molecule has 2 aromatic rings. The Morgan fingerprint density at radius 2 is 1.69 bits per heavy atom. The van der Waals surface area contributed by atoms with Crippen molar-refractivity contribution in [1.82, 2.24) is 4.57 Å². The van der Waals surface area contributed by atoms with E-state index in [-0.39, 0.29) is 22.8 Å². The predicted octanol–water partition coefficient (Wildman–Crippen LogP) is 3.26. The third-order valence-electron chi connectivity index (χ3n) is 3.64. The number of nitrogens with zero attached hydrogens (tertiary/aromatic N) is 1. The Hall–Kier alpha value is -3.03. The van der Waals surface area contributed by atoms with Gasteiger partial charge in [-0.05, 0) is 44.2 Å². The summed E-state index contributed by atoms with van der Waals surface area (Å²) in [6.07, 6.45) is 0.396. The van der Waals surface area contributed by atoms with E-state index in [1.807, 2.05) is 0 Å². The van der Waals surface area contributed by atoms with E-state index in [0.717, 1.165) is 0 Å². The molecule has 6 nitrogen and oxygen atoms in total. The highest BCUT2D eigenvalue weighted by Gasteiger charge is 2.23. The van der Waals surface area contributed by atoms with E-state index in [4.69, 9.17) is 4.74 Å². The number of carbonyl (C=O) groups excluding carboxylic acids is 3. The van der Waals surface area contributed by atoms with Crippen LogP contribution in [0, 0.1) is 0 Å². The van der Waals surface area contributed by atoms with Crippen LogP contribution in [0.2, 0.25) is 0 Å². The van der Waals surface area contributed by atoms with Gasteiger partial charge in [0.15, 0.2) is 11.9 Å². The van der Waals surface area contributed by atoms with Crippen LogP contribution >= 0.6 is 0 Å². The molecular formula is C18H17F2NO5. The van der Waals surface area contributed by atoms with E-state index in [0.29, 0.717) is 5.56 Å². The minimum absolute atomic E-state index is 0.0817. The number of aromatic nitrogens is 1. The molecule has 0 saturated carbocycles. The van der Waals surface area contributed by atoms with Crippen molar-refractivity contribution in [2.45, 2.75) is 26.6 Å².